The van der Waals surface area contributed by atoms with Crippen LogP contribution in [0.2, 0.25) is 0 Å². The molecule has 0 bridgehead atoms. The van der Waals surface area contributed by atoms with Gasteiger partial charge >= 0.3 is 0 Å². The summed E-state index contributed by atoms with van der Waals surface area (Å²) in [5, 5.41) is 12.3. The largest absolute Gasteiger partial charge is 0.437 e. The third-order valence-electron chi connectivity index (χ3n) is 4.66. The highest BCUT2D eigenvalue weighted by Crippen LogP contribution is 2.21. The molecule has 0 saturated carbocycles. The van der Waals surface area contributed by atoms with Gasteiger partial charge in [0.1, 0.15) is 11.6 Å². The van der Waals surface area contributed by atoms with E-state index < -0.39 is 0 Å². The SMILES string of the molecule is Cc1nc(Nc2ccc(Oc3cccnc3)nc2)nc(N2CCN(CCO)CC2)n1. The summed E-state index contributed by atoms with van der Waals surface area (Å²) in [6.45, 7) is 6.09. The van der Waals surface area contributed by atoms with Crippen LogP contribution in [0.25, 0.3) is 0 Å². The summed E-state index contributed by atoms with van der Waals surface area (Å²) in [6, 6.07) is 7.24. The Morgan fingerprint density at radius 2 is 1.93 bits per heavy atom. The van der Waals surface area contributed by atoms with Gasteiger partial charge in [0, 0.05) is 45.0 Å². The number of aromatic nitrogens is 5. The molecule has 10 heteroatoms. The Bertz CT molecular complexity index is 947. The van der Waals surface area contributed by atoms with Crippen LogP contribution in [0.4, 0.5) is 17.6 Å². The number of rotatable bonds is 7. The molecule has 0 radical (unpaired) electrons. The number of hydrogen-bond donors (Lipinski definition) is 2. The van der Waals surface area contributed by atoms with Crippen molar-refractivity contribution in [2.75, 3.05) is 49.5 Å². The second kappa shape index (κ2) is 9.42. The molecule has 0 spiro atoms. The van der Waals surface area contributed by atoms with Crippen molar-refractivity contribution in [1.82, 2.24) is 29.8 Å². The van der Waals surface area contributed by atoms with E-state index in [0.29, 0.717) is 35.9 Å². The van der Waals surface area contributed by atoms with Crippen molar-refractivity contribution in [3.63, 3.8) is 0 Å². The Morgan fingerprint density at radius 3 is 2.63 bits per heavy atom. The van der Waals surface area contributed by atoms with Crippen LogP contribution in [0.1, 0.15) is 5.82 Å². The fourth-order valence-electron chi connectivity index (χ4n) is 3.15. The third kappa shape index (κ3) is 5.16. The number of ether oxygens (including phenoxy) is 1. The molecule has 3 aromatic rings. The highest BCUT2D eigenvalue weighted by Gasteiger charge is 2.19. The summed E-state index contributed by atoms with van der Waals surface area (Å²) in [7, 11) is 0. The number of nitrogens with zero attached hydrogens (tertiary/aromatic N) is 7. The number of aryl methyl sites for hydroxylation is 1. The Hall–Kier alpha value is -3.37. The maximum atomic E-state index is 9.09. The lowest BCUT2D eigenvalue weighted by molar-refractivity contribution is 0.188. The third-order valence-corrected chi connectivity index (χ3v) is 4.66. The van der Waals surface area contributed by atoms with Gasteiger partial charge in [-0.25, -0.2) is 4.98 Å². The number of aliphatic hydroxyl groups excluding tert-OH is 1. The van der Waals surface area contributed by atoms with E-state index in [-0.39, 0.29) is 6.61 Å². The molecule has 156 valence electrons. The molecule has 4 heterocycles. The van der Waals surface area contributed by atoms with Gasteiger partial charge in [0.25, 0.3) is 0 Å². The van der Waals surface area contributed by atoms with Crippen molar-refractivity contribution >= 4 is 17.6 Å². The minimum atomic E-state index is 0.180. The fraction of sp³-hybridized carbons (Fsp3) is 0.350. The number of hydrogen-bond acceptors (Lipinski definition) is 10. The number of aliphatic hydroxyl groups is 1. The Kier molecular flexibility index (Phi) is 6.26. The van der Waals surface area contributed by atoms with Crippen LogP contribution in [-0.2, 0) is 0 Å². The zero-order valence-electron chi connectivity index (χ0n) is 16.8. The van der Waals surface area contributed by atoms with Crippen LogP contribution in [0.5, 0.6) is 11.6 Å². The molecule has 30 heavy (non-hydrogen) atoms. The summed E-state index contributed by atoms with van der Waals surface area (Å²) in [5.74, 6) is 2.87. The molecule has 0 unspecified atom stereocenters. The van der Waals surface area contributed by atoms with Crippen LogP contribution in [0, 0.1) is 6.92 Å². The lowest BCUT2D eigenvalue weighted by Crippen LogP contribution is -2.47. The molecule has 1 saturated heterocycles. The standard InChI is InChI=1S/C20H24N8O2/c1-15-23-19(26-20(24-15)28-9-7-27(8-10-28)11-12-29)25-16-4-5-18(22-13-16)30-17-3-2-6-21-14-17/h2-6,13-14,29H,7-12H2,1H3,(H,23,24,25,26). The van der Waals surface area contributed by atoms with Gasteiger partial charge < -0.3 is 20.1 Å². The van der Waals surface area contributed by atoms with E-state index in [1.54, 1.807) is 30.7 Å². The molecule has 0 aliphatic carbocycles. The molecular formula is C20H24N8O2. The first-order valence-corrected chi connectivity index (χ1v) is 9.81. The van der Waals surface area contributed by atoms with E-state index in [2.05, 4.69) is 40.0 Å². The van der Waals surface area contributed by atoms with E-state index in [1.807, 2.05) is 19.1 Å². The van der Waals surface area contributed by atoms with Crippen molar-refractivity contribution in [3.8, 4) is 11.6 Å². The molecule has 0 aromatic carbocycles. The van der Waals surface area contributed by atoms with E-state index in [0.717, 1.165) is 31.9 Å². The van der Waals surface area contributed by atoms with Crippen molar-refractivity contribution in [2.45, 2.75) is 6.92 Å². The Balaban J connectivity index is 1.41. The van der Waals surface area contributed by atoms with Gasteiger partial charge in [0.15, 0.2) is 0 Å². The lowest BCUT2D eigenvalue weighted by Gasteiger charge is -2.34. The van der Waals surface area contributed by atoms with E-state index in [4.69, 9.17) is 9.84 Å². The maximum Gasteiger partial charge on any atom is 0.232 e. The van der Waals surface area contributed by atoms with Gasteiger partial charge in [0.2, 0.25) is 17.8 Å². The van der Waals surface area contributed by atoms with Crippen LogP contribution >= 0.6 is 0 Å². The van der Waals surface area contributed by atoms with Crippen LogP contribution < -0.4 is 15.0 Å². The van der Waals surface area contributed by atoms with Crippen LogP contribution in [-0.4, -0.2) is 74.3 Å². The van der Waals surface area contributed by atoms with Crippen molar-refractivity contribution in [3.05, 3.63) is 48.7 Å². The predicted molar refractivity (Wildman–Crippen MR) is 112 cm³/mol. The Morgan fingerprint density at radius 1 is 1.07 bits per heavy atom. The van der Waals surface area contributed by atoms with Gasteiger partial charge in [-0.2, -0.15) is 15.0 Å². The topological polar surface area (TPSA) is 112 Å². The second-order valence-corrected chi connectivity index (χ2v) is 6.86. The quantitative estimate of drug-likeness (QED) is 0.598. The van der Waals surface area contributed by atoms with Gasteiger partial charge in [-0.15, -0.1) is 0 Å². The van der Waals surface area contributed by atoms with E-state index in [9.17, 15) is 0 Å². The zero-order chi connectivity index (χ0) is 20.8. The van der Waals surface area contributed by atoms with E-state index >= 15 is 0 Å². The molecule has 10 nitrogen and oxygen atoms in total. The first-order valence-electron chi connectivity index (χ1n) is 9.81. The van der Waals surface area contributed by atoms with Crippen molar-refractivity contribution in [1.29, 1.82) is 0 Å². The molecule has 1 aliphatic rings. The summed E-state index contributed by atoms with van der Waals surface area (Å²) in [5.41, 5.74) is 0.748. The van der Waals surface area contributed by atoms with Gasteiger partial charge in [-0.05, 0) is 25.1 Å². The normalized spacial score (nSPS) is 14.5. The smallest absolute Gasteiger partial charge is 0.232 e. The van der Waals surface area contributed by atoms with Gasteiger partial charge in [0.05, 0.1) is 24.7 Å². The Labute approximate surface area is 174 Å². The number of piperazine rings is 1. The molecule has 1 fully saturated rings. The van der Waals surface area contributed by atoms with Crippen molar-refractivity contribution < 1.29 is 9.84 Å². The molecule has 4 rings (SSSR count). The fourth-order valence-corrected chi connectivity index (χ4v) is 3.15. The summed E-state index contributed by atoms with van der Waals surface area (Å²) >= 11 is 0. The summed E-state index contributed by atoms with van der Waals surface area (Å²) < 4.78 is 5.66. The van der Waals surface area contributed by atoms with Crippen molar-refractivity contribution in [2.24, 2.45) is 0 Å². The molecule has 3 aromatic heterocycles. The number of nitrogens with one attached hydrogen (secondary N) is 1. The minimum Gasteiger partial charge on any atom is -0.437 e. The lowest BCUT2D eigenvalue weighted by atomic mass is 10.3. The minimum absolute atomic E-state index is 0.180. The highest BCUT2D eigenvalue weighted by atomic mass is 16.5. The maximum absolute atomic E-state index is 9.09. The number of pyridine rings is 2. The summed E-state index contributed by atoms with van der Waals surface area (Å²) in [4.78, 5) is 26.1. The molecule has 2 N–H and O–H groups in total. The van der Waals surface area contributed by atoms with Gasteiger partial charge in [-0.1, -0.05) is 0 Å². The average Bonchev–Trinajstić information content (AvgIpc) is 2.76. The first-order chi connectivity index (χ1) is 14.7. The summed E-state index contributed by atoms with van der Waals surface area (Å²) in [6.07, 6.45) is 4.98. The zero-order valence-corrected chi connectivity index (χ0v) is 16.8. The first kappa shape index (κ1) is 19.9. The monoisotopic (exact) mass is 408 g/mol. The van der Waals surface area contributed by atoms with Crippen LogP contribution in [0.15, 0.2) is 42.9 Å². The second-order valence-electron chi connectivity index (χ2n) is 6.86. The highest BCUT2D eigenvalue weighted by molar-refractivity contribution is 5.53. The molecule has 1 aliphatic heterocycles. The predicted octanol–water partition coefficient (Wildman–Crippen LogP) is 1.62. The number of β-amino-alcohol motifs (C(OH)–C–C–N with tert-alkyl or cyclic N) is 1. The number of anilines is 3. The molecule has 0 amide bonds. The molecular weight excluding hydrogens is 384 g/mol. The average molecular weight is 408 g/mol. The van der Waals surface area contributed by atoms with E-state index in [1.165, 1.54) is 0 Å². The molecule has 0 atom stereocenters. The van der Waals surface area contributed by atoms with Gasteiger partial charge in [-0.3, -0.25) is 9.88 Å². The van der Waals surface area contributed by atoms with Crippen LogP contribution in [0.3, 0.4) is 0 Å².